The fourth-order valence-electron chi connectivity index (χ4n) is 4.72. The van der Waals surface area contributed by atoms with Gasteiger partial charge in [-0.25, -0.2) is 0 Å². The maximum Gasteiger partial charge on any atom is 0.306 e. The van der Waals surface area contributed by atoms with Crippen molar-refractivity contribution in [1.29, 1.82) is 0 Å². The van der Waals surface area contributed by atoms with Crippen LogP contribution in [0.15, 0.2) is 24.3 Å². The smallest absolute Gasteiger partial charge is 0.306 e. The van der Waals surface area contributed by atoms with E-state index in [-0.39, 0.29) is 36.8 Å². The summed E-state index contributed by atoms with van der Waals surface area (Å²) >= 11 is 0. The lowest BCUT2D eigenvalue weighted by atomic mass is 9.86. The highest BCUT2D eigenvalue weighted by atomic mass is 16.5. The zero-order chi connectivity index (χ0) is 22.4. The summed E-state index contributed by atoms with van der Waals surface area (Å²) in [4.78, 5) is 49.3. The van der Waals surface area contributed by atoms with Crippen molar-refractivity contribution in [2.45, 2.75) is 46.0 Å². The summed E-state index contributed by atoms with van der Waals surface area (Å²) in [5.41, 5.74) is 1.18. The Balaban J connectivity index is 1.40. The summed E-state index contributed by atoms with van der Waals surface area (Å²) in [6.45, 7) is 3.04. The lowest BCUT2D eigenvalue weighted by Crippen LogP contribution is -2.40. The molecule has 3 atom stereocenters. The monoisotopic (exact) mass is 429 g/mol. The maximum absolute atomic E-state index is 12.4. The van der Waals surface area contributed by atoms with Crippen molar-refractivity contribution in [2.24, 2.45) is 17.8 Å². The molecule has 2 aliphatic rings. The number of benzene rings is 1. The van der Waals surface area contributed by atoms with Gasteiger partial charge in [0.2, 0.25) is 11.8 Å². The minimum Gasteiger partial charge on any atom is -0.456 e. The topological polar surface area (TPSA) is 105 Å². The quantitative estimate of drug-likeness (QED) is 0.588. The average molecular weight is 430 g/mol. The molecule has 0 radical (unpaired) electrons. The Bertz CT molecular complexity index is 823. The molecule has 1 aromatic rings. The highest BCUT2D eigenvalue weighted by Crippen LogP contribution is 2.49. The lowest BCUT2D eigenvalue weighted by molar-refractivity contribution is -0.153. The molecule has 0 heterocycles. The van der Waals surface area contributed by atoms with Gasteiger partial charge in [0.15, 0.2) is 6.61 Å². The van der Waals surface area contributed by atoms with E-state index >= 15 is 0 Å². The van der Waals surface area contributed by atoms with Crippen LogP contribution in [0.4, 0.5) is 11.4 Å². The third kappa shape index (κ3) is 6.54. The number of amides is 3. The van der Waals surface area contributed by atoms with E-state index < -0.39 is 0 Å². The van der Waals surface area contributed by atoms with Gasteiger partial charge in [-0.15, -0.1) is 0 Å². The van der Waals surface area contributed by atoms with Crippen molar-refractivity contribution in [2.75, 3.05) is 30.3 Å². The van der Waals surface area contributed by atoms with Gasteiger partial charge in [0, 0.05) is 31.3 Å². The number of hydrogen-bond donors (Lipinski definition) is 2. The first kappa shape index (κ1) is 22.8. The number of esters is 1. The van der Waals surface area contributed by atoms with Gasteiger partial charge in [0.05, 0.1) is 6.54 Å². The Labute approximate surface area is 182 Å². The van der Waals surface area contributed by atoms with Crippen LogP contribution in [0.1, 0.15) is 46.0 Å². The van der Waals surface area contributed by atoms with Gasteiger partial charge in [0.1, 0.15) is 0 Å². The molecule has 2 N–H and O–H groups in total. The number of hydrogen-bond acceptors (Lipinski definition) is 5. The SMILES string of the molecule is CCN(CC(=O)Nc1ccc(NC(C)=O)cc1)C(=O)COC(=O)C[C@@H]1C[C@H]2CC[C@@H]1C2. The lowest BCUT2D eigenvalue weighted by Gasteiger charge is -2.22. The molecule has 3 rings (SSSR count). The van der Waals surface area contributed by atoms with Gasteiger partial charge < -0.3 is 20.3 Å². The molecule has 8 heteroatoms. The highest BCUT2D eigenvalue weighted by Gasteiger charge is 2.40. The number of rotatable bonds is 9. The Morgan fingerprint density at radius 2 is 1.71 bits per heavy atom. The first-order chi connectivity index (χ1) is 14.8. The van der Waals surface area contributed by atoms with Crippen LogP contribution in [0.5, 0.6) is 0 Å². The van der Waals surface area contributed by atoms with Crippen molar-refractivity contribution < 1.29 is 23.9 Å². The van der Waals surface area contributed by atoms with Crippen LogP contribution in [0, 0.1) is 17.8 Å². The molecule has 168 valence electrons. The summed E-state index contributed by atoms with van der Waals surface area (Å²) in [6.07, 6.45) is 5.19. The second-order valence-electron chi connectivity index (χ2n) is 8.51. The number of ether oxygens (including phenoxy) is 1. The number of likely N-dealkylation sites (N-methyl/N-ethyl adjacent to an activating group) is 1. The van der Waals surface area contributed by atoms with Crippen LogP contribution in [0.25, 0.3) is 0 Å². The van der Waals surface area contributed by atoms with Crippen LogP contribution >= 0.6 is 0 Å². The van der Waals surface area contributed by atoms with Crippen molar-refractivity contribution in [3.8, 4) is 0 Å². The van der Waals surface area contributed by atoms with Gasteiger partial charge in [-0.3, -0.25) is 19.2 Å². The molecule has 1 aromatic carbocycles. The van der Waals surface area contributed by atoms with E-state index in [9.17, 15) is 19.2 Å². The maximum atomic E-state index is 12.4. The Morgan fingerprint density at radius 1 is 1.03 bits per heavy atom. The number of nitrogens with one attached hydrogen (secondary N) is 2. The fourth-order valence-corrected chi connectivity index (χ4v) is 4.72. The predicted octanol–water partition coefficient (Wildman–Crippen LogP) is 2.80. The third-order valence-electron chi connectivity index (χ3n) is 6.23. The molecule has 2 aliphatic carbocycles. The predicted molar refractivity (Wildman–Crippen MR) is 116 cm³/mol. The molecule has 2 saturated carbocycles. The van der Waals surface area contributed by atoms with Gasteiger partial charge in [-0.2, -0.15) is 0 Å². The van der Waals surface area contributed by atoms with E-state index in [1.807, 2.05) is 0 Å². The molecule has 2 fully saturated rings. The molecular weight excluding hydrogens is 398 g/mol. The summed E-state index contributed by atoms with van der Waals surface area (Å²) in [7, 11) is 0. The van der Waals surface area contributed by atoms with E-state index in [0.29, 0.717) is 36.2 Å². The van der Waals surface area contributed by atoms with Crippen molar-refractivity contribution in [1.82, 2.24) is 4.90 Å². The van der Waals surface area contributed by atoms with Crippen LogP contribution in [0.3, 0.4) is 0 Å². The fraction of sp³-hybridized carbons (Fsp3) is 0.565. The molecule has 8 nitrogen and oxygen atoms in total. The zero-order valence-electron chi connectivity index (χ0n) is 18.2. The van der Waals surface area contributed by atoms with Crippen LogP contribution < -0.4 is 10.6 Å². The molecule has 3 amide bonds. The van der Waals surface area contributed by atoms with E-state index in [2.05, 4.69) is 10.6 Å². The first-order valence-electron chi connectivity index (χ1n) is 10.9. The molecule has 31 heavy (non-hydrogen) atoms. The van der Waals surface area contributed by atoms with Crippen LogP contribution in [-0.4, -0.2) is 48.3 Å². The molecule has 0 spiro atoms. The van der Waals surface area contributed by atoms with Gasteiger partial charge in [-0.05, 0) is 68.2 Å². The standard InChI is InChI=1S/C23H31N3O5/c1-3-26(13-21(28)25-20-8-6-19(7-9-20)24-15(2)27)22(29)14-31-23(30)12-18-11-16-4-5-17(18)10-16/h6-9,16-18H,3-5,10-14H2,1-2H3,(H,24,27)(H,25,28)/t16-,17+,18-/m0/s1. The summed E-state index contributed by atoms with van der Waals surface area (Å²) in [5, 5.41) is 5.37. The highest BCUT2D eigenvalue weighted by molar-refractivity contribution is 5.95. The molecule has 2 bridgehead atoms. The van der Waals surface area contributed by atoms with E-state index in [4.69, 9.17) is 4.74 Å². The third-order valence-corrected chi connectivity index (χ3v) is 6.23. The Hall–Kier alpha value is -2.90. The number of anilines is 2. The normalized spacial score (nSPS) is 21.4. The minimum absolute atomic E-state index is 0.132. The number of carbonyl (C=O) groups is 4. The minimum atomic E-state index is -0.389. The molecule has 0 saturated heterocycles. The second-order valence-corrected chi connectivity index (χ2v) is 8.51. The Morgan fingerprint density at radius 3 is 2.26 bits per heavy atom. The average Bonchev–Trinajstić information content (AvgIpc) is 3.34. The number of carbonyl (C=O) groups excluding carboxylic acids is 4. The van der Waals surface area contributed by atoms with Crippen molar-refractivity contribution in [3.63, 3.8) is 0 Å². The van der Waals surface area contributed by atoms with E-state index in [0.717, 1.165) is 12.3 Å². The van der Waals surface area contributed by atoms with Gasteiger partial charge in [-0.1, -0.05) is 6.42 Å². The largest absolute Gasteiger partial charge is 0.456 e. The van der Waals surface area contributed by atoms with E-state index in [1.54, 1.807) is 31.2 Å². The summed E-state index contributed by atoms with van der Waals surface area (Å²) in [5.74, 6) is 0.550. The zero-order valence-corrected chi connectivity index (χ0v) is 18.2. The molecule has 0 unspecified atom stereocenters. The Kier molecular flexibility index (Phi) is 7.65. The number of nitrogens with zero attached hydrogens (tertiary/aromatic N) is 1. The summed E-state index contributed by atoms with van der Waals surface area (Å²) < 4.78 is 5.20. The number of fused-ring (bicyclic) bond motifs is 2. The molecule has 0 aliphatic heterocycles. The van der Waals surface area contributed by atoms with Gasteiger partial charge >= 0.3 is 5.97 Å². The van der Waals surface area contributed by atoms with Crippen molar-refractivity contribution in [3.05, 3.63) is 24.3 Å². The van der Waals surface area contributed by atoms with Crippen molar-refractivity contribution >= 4 is 35.1 Å². The molecular formula is C23H31N3O5. The van der Waals surface area contributed by atoms with Crippen LogP contribution in [-0.2, 0) is 23.9 Å². The summed E-state index contributed by atoms with van der Waals surface area (Å²) in [6, 6.07) is 6.68. The van der Waals surface area contributed by atoms with Crippen LogP contribution in [0.2, 0.25) is 0 Å². The first-order valence-corrected chi connectivity index (χ1v) is 10.9. The van der Waals surface area contributed by atoms with E-state index in [1.165, 1.54) is 31.1 Å². The molecule has 0 aromatic heterocycles. The second kappa shape index (κ2) is 10.4. The van der Waals surface area contributed by atoms with Gasteiger partial charge in [0.25, 0.3) is 5.91 Å².